The van der Waals surface area contributed by atoms with Crippen molar-refractivity contribution in [3.05, 3.63) is 106 Å². The van der Waals surface area contributed by atoms with Gasteiger partial charge in [-0.25, -0.2) is 12.8 Å². The van der Waals surface area contributed by atoms with Crippen LogP contribution >= 0.6 is 0 Å². The summed E-state index contributed by atoms with van der Waals surface area (Å²) in [6, 6.07) is 13.5. The van der Waals surface area contributed by atoms with Crippen molar-refractivity contribution in [1.29, 1.82) is 0 Å². The number of anilines is 1. The normalized spacial score (nSPS) is 12.9. The molecule has 2 N–H and O–H groups in total. The number of nitrogens with zero attached hydrogens (tertiary/aromatic N) is 2. The number of alkyl halides is 4. The molecule has 248 valence electrons. The number of pyridine rings is 2. The number of H-pyrrole nitrogens is 1. The molecule has 1 atom stereocenters. The first-order chi connectivity index (χ1) is 22.8. The van der Waals surface area contributed by atoms with E-state index in [1.807, 2.05) is 5.32 Å². The van der Waals surface area contributed by atoms with E-state index in [0.717, 1.165) is 22.7 Å². The maximum atomic E-state index is 14.0. The second-order valence-electron chi connectivity index (χ2n) is 11.0. The Morgan fingerprint density at radius 1 is 1.04 bits per heavy atom. The first-order valence-electron chi connectivity index (χ1n) is 14.4. The zero-order valence-electron chi connectivity index (χ0n) is 24.9. The number of fused-ring (bicyclic) bond motifs is 5. The van der Waals surface area contributed by atoms with E-state index < -0.39 is 51.9 Å². The van der Waals surface area contributed by atoms with Crippen LogP contribution in [0.25, 0.3) is 44.0 Å². The van der Waals surface area contributed by atoms with Gasteiger partial charge in [-0.1, -0.05) is 18.2 Å². The second kappa shape index (κ2) is 12.4. The summed E-state index contributed by atoms with van der Waals surface area (Å²) >= 11 is 0. The highest BCUT2D eigenvalue weighted by molar-refractivity contribution is 7.92. The van der Waals surface area contributed by atoms with Gasteiger partial charge in [0.05, 0.1) is 35.2 Å². The van der Waals surface area contributed by atoms with Crippen LogP contribution in [-0.4, -0.2) is 49.9 Å². The molecule has 3 aromatic heterocycles. The smallest absolute Gasteiger partial charge is 0.414 e. The number of nitrogens with one attached hydrogen (secondary N) is 2. The minimum Gasteiger partial charge on any atom is -0.455 e. The molecule has 9 nitrogen and oxygen atoms in total. The topological polar surface area (TPSA) is 125 Å². The number of rotatable bonds is 9. The number of aromatic amines is 1. The molecule has 1 amide bonds. The molecule has 1 unspecified atom stereocenters. The summed E-state index contributed by atoms with van der Waals surface area (Å²) in [6.07, 6.45) is -2.96. The summed E-state index contributed by atoms with van der Waals surface area (Å²) in [5.41, 5.74) is -0.549. The fraction of sp³-hybridized carbons (Fsp3) is 0.182. The van der Waals surface area contributed by atoms with Crippen LogP contribution in [0.3, 0.4) is 0 Å². The third-order valence-electron chi connectivity index (χ3n) is 7.69. The largest absolute Gasteiger partial charge is 0.455 e. The van der Waals surface area contributed by atoms with Crippen molar-refractivity contribution in [3.63, 3.8) is 0 Å². The van der Waals surface area contributed by atoms with Gasteiger partial charge in [0.25, 0.3) is 11.5 Å². The second-order valence-corrected chi connectivity index (χ2v) is 12.9. The molecule has 0 spiro atoms. The van der Waals surface area contributed by atoms with Gasteiger partial charge >= 0.3 is 6.18 Å². The average molecular weight is 685 g/mol. The molecule has 0 saturated carbocycles. The standard InChI is InChI=1S/C33H25F5N4O5S/c1-48(45,46)42(13-5-11-34)26-17-27-23(28-29(47-27)21-10-9-20(35)15-25(21)40-32(28)44)16-22(26)18-6-4-7-19(14-18)31(43)41-30(33(36,37)38)24-8-2-3-12-39-24/h2-4,6-10,12,14-17,30H,5,11,13H2,1H3,(H,40,44)(H,41,43). The van der Waals surface area contributed by atoms with Crippen LogP contribution < -0.4 is 15.2 Å². The molecule has 6 aromatic rings. The maximum Gasteiger partial charge on any atom is 0.414 e. The Morgan fingerprint density at radius 3 is 2.52 bits per heavy atom. The SMILES string of the molecule is CS(=O)(=O)N(CCCF)c1cc2oc3c4ccc(F)cc4[nH]c(=O)c3c2cc1-c1cccc(C(=O)NC(c2ccccn2)C(F)(F)F)c1. The van der Waals surface area contributed by atoms with Crippen LogP contribution in [0.15, 0.2) is 88.2 Å². The quantitative estimate of drug-likeness (QED) is 0.162. The molecule has 0 aliphatic heterocycles. The van der Waals surface area contributed by atoms with Crippen molar-refractivity contribution in [1.82, 2.24) is 15.3 Å². The van der Waals surface area contributed by atoms with Crippen LogP contribution in [-0.2, 0) is 10.0 Å². The van der Waals surface area contributed by atoms with Crippen LogP contribution in [0.5, 0.6) is 0 Å². The number of benzene rings is 3. The van der Waals surface area contributed by atoms with Crippen molar-refractivity contribution < 1.29 is 39.6 Å². The molecule has 0 aliphatic rings. The molecule has 15 heteroatoms. The molecular weight excluding hydrogens is 659 g/mol. The van der Waals surface area contributed by atoms with Gasteiger partial charge in [0.15, 0.2) is 6.04 Å². The Balaban J connectivity index is 1.55. The number of halogens is 5. The first kappa shape index (κ1) is 32.6. The molecule has 0 saturated heterocycles. The summed E-state index contributed by atoms with van der Waals surface area (Å²) in [5.74, 6) is -1.69. The minimum absolute atomic E-state index is 0.00324. The number of furan rings is 1. The van der Waals surface area contributed by atoms with Crippen LogP contribution in [0, 0.1) is 5.82 Å². The zero-order chi connectivity index (χ0) is 34.4. The van der Waals surface area contributed by atoms with Gasteiger partial charge in [0.1, 0.15) is 17.0 Å². The molecular formula is C33H25F5N4O5S. The summed E-state index contributed by atoms with van der Waals surface area (Å²) in [7, 11) is -4.05. The molecule has 0 bridgehead atoms. The van der Waals surface area contributed by atoms with Gasteiger partial charge in [-0.2, -0.15) is 13.2 Å². The monoisotopic (exact) mass is 684 g/mol. The van der Waals surface area contributed by atoms with Gasteiger partial charge in [0.2, 0.25) is 10.0 Å². The van der Waals surface area contributed by atoms with Crippen molar-refractivity contribution in [2.75, 3.05) is 23.8 Å². The maximum absolute atomic E-state index is 14.0. The number of hydrogen-bond acceptors (Lipinski definition) is 6. The lowest BCUT2D eigenvalue weighted by molar-refractivity contribution is -0.156. The zero-order valence-corrected chi connectivity index (χ0v) is 25.8. The Kier molecular flexibility index (Phi) is 8.41. The van der Waals surface area contributed by atoms with Crippen molar-refractivity contribution >= 4 is 54.5 Å². The van der Waals surface area contributed by atoms with Crippen molar-refractivity contribution in [2.45, 2.75) is 18.6 Å². The first-order valence-corrected chi connectivity index (χ1v) is 16.3. The summed E-state index contributed by atoms with van der Waals surface area (Å²) in [4.78, 5) is 32.8. The predicted molar refractivity (Wildman–Crippen MR) is 171 cm³/mol. The lowest BCUT2D eigenvalue weighted by Crippen LogP contribution is -2.38. The fourth-order valence-corrected chi connectivity index (χ4v) is 6.54. The van der Waals surface area contributed by atoms with Crippen LogP contribution in [0.2, 0.25) is 0 Å². The Hall–Kier alpha value is -5.31. The van der Waals surface area contributed by atoms with Crippen molar-refractivity contribution in [3.8, 4) is 11.1 Å². The minimum atomic E-state index is -4.88. The number of sulfonamides is 1. The van der Waals surface area contributed by atoms with E-state index in [1.165, 1.54) is 66.9 Å². The number of aromatic nitrogens is 2. The lowest BCUT2D eigenvalue weighted by atomic mass is 9.98. The number of carbonyl (C=O) groups is 1. The summed E-state index contributed by atoms with van der Waals surface area (Å²) < 4.78 is 102. The van der Waals surface area contributed by atoms with Gasteiger partial charge in [-0.15, -0.1) is 0 Å². The van der Waals surface area contributed by atoms with Gasteiger partial charge in [-0.05, 0) is 60.5 Å². The van der Waals surface area contributed by atoms with Gasteiger partial charge in [0, 0.05) is 40.7 Å². The van der Waals surface area contributed by atoms with Gasteiger partial charge < -0.3 is 14.7 Å². The number of amides is 1. The summed E-state index contributed by atoms with van der Waals surface area (Å²) in [5, 5.41) is 2.65. The Bertz CT molecular complexity index is 2360. The van der Waals surface area contributed by atoms with Gasteiger partial charge in [-0.3, -0.25) is 23.3 Å². The molecule has 3 aromatic carbocycles. The molecule has 0 radical (unpaired) electrons. The fourth-order valence-electron chi connectivity index (χ4n) is 5.57. The molecule has 0 fully saturated rings. The van der Waals surface area contributed by atoms with Crippen molar-refractivity contribution in [2.24, 2.45) is 0 Å². The number of carbonyl (C=O) groups excluding carboxylic acids is 1. The Labute approximate surface area is 269 Å². The molecule has 48 heavy (non-hydrogen) atoms. The molecule has 0 aliphatic carbocycles. The van der Waals surface area contributed by atoms with E-state index >= 15 is 0 Å². The highest BCUT2D eigenvalue weighted by Crippen LogP contribution is 2.41. The lowest BCUT2D eigenvalue weighted by Gasteiger charge is -2.25. The average Bonchev–Trinajstić information content (AvgIpc) is 3.41. The molecule has 6 rings (SSSR count). The van der Waals surface area contributed by atoms with E-state index in [-0.39, 0.29) is 62.8 Å². The third kappa shape index (κ3) is 6.20. The third-order valence-corrected chi connectivity index (χ3v) is 8.87. The van der Waals surface area contributed by atoms with Crippen LogP contribution in [0.4, 0.5) is 27.6 Å². The summed E-state index contributed by atoms with van der Waals surface area (Å²) in [6.45, 7) is -1.12. The Morgan fingerprint density at radius 2 is 1.83 bits per heavy atom. The number of hydrogen-bond donors (Lipinski definition) is 2. The van der Waals surface area contributed by atoms with Crippen LogP contribution in [0.1, 0.15) is 28.5 Å². The highest BCUT2D eigenvalue weighted by atomic mass is 32.2. The van der Waals surface area contributed by atoms with E-state index in [4.69, 9.17) is 4.42 Å². The van der Waals surface area contributed by atoms with E-state index in [0.29, 0.717) is 5.39 Å². The van der Waals surface area contributed by atoms with E-state index in [2.05, 4.69) is 9.97 Å². The van der Waals surface area contributed by atoms with E-state index in [9.17, 15) is 40.0 Å². The predicted octanol–water partition coefficient (Wildman–Crippen LogP) is 6.79. The van der Waals surface area contributed by atoms with E-state index in [1.54, 1.807) is 0 Å². The highest BCUT2D eigenvalue weighted by Gasteiger charge is 2.43. The molecule has 3 heterocycles.